The molecule has 34 heavy (non-hydrogen) atoms. The number of benzene rings is 2. The fourth-order valence-electron chi connectivity index (χ4n) is 3.92. The van der Waals surface area contributed by atoms with E-state index in [1.807, 2.05) is 15.9 Å². The second-order valence-corrected chi connectivity index (χ2v) is 8.63. The number of anilines is 1. The SMILES string of the molecule is Cc1ccc(-c2cnc(CCC(=O)N3CCN(CC(=O)Nc4ccc(F)cc4)CC3)o2)cc1C. The van der Waals surface area contributed by atoms with Crippen molar-refractivity contribution in [3.05, 3.63) is 71.5 Å². The fraction of sp³-hybridized carbons (Fsp3) is 0.346. The van der Waals surface area contributed by atoms with E-state index in [1.54, 1.807) is 6.20 Å². The first-order valence-electron chi connectivity index (χ1n) is 11.5. The van der Waals surface area contributed by atoms with Crippen LogP contribution in [0.25, 0.3) is 11.3 Å². The number of hydrogen-bond acceptors (Lipinski definition) is 5. The van der Waals surface area contributed by atoms with E-state index in [0.717, 1.165) is 5.56 Å². The molecule has 0 bridgehead atoms. The molecule has 0 saturated carbocycles. The van der Waals surface area contributed by atoms with Crippen LogP contribution in [0.2, 0.25) is 0 Å². The second-order valence-electron chi connectivity index (χ2n) is 8.63. The lowest BCUT2D eigenvalue weighted by atomic mass is 10.1. The number of amides is 2. The summed E-state index contributed by atoms with van der Waals surface area (Å²) in [5.74, 6) is 0.815. The maximum absolute atomic E-state index is 13.0. The molecular weight excluding hydrogens is 435 g/mol. The van der Waals surface area contributed by atoms with Crippen LogP contribution in [0.4, 0.5) is 10.1 Å². The van der Waals surface area contributed by atoms with Crippen molar-refractivity contribution >= 4 is 17.5 Å². The van der Waals surface area contributed by atoms with Gasteiger partial charge in [0.1, 0.15) is 5.82 Å². The Balaban J connectivity index is 1.20. The van der Waals surface area contributed by atoms with Gasteiger partial charge in [0.25, 0.3) is 0 Å². The van der Waals surface area contributed by atoms with Crippen LogP contribution in [-0.2, 0) is 16.0 Å². The number of aryl methyl sites for hydroxylation is 3. The molecule has 0 radical (unpaired) electrons. The van der Waals surface area contributed by atoms with Gasteiger partial charge in [-0.1, -0.05) is 12.1 Å². The Kier molecular flexibility index (Phi) is 7.37. The Hall–Kier alpha value is -3.52. The van der Waals surface area contributed by atoms with Gasteiger partial charge >= 0.3 is 0 Å². The quantitative estimate of drug-likeness (QED) is 0.575. The molecule has 0 atom stereocenters. The highest BCUT2D eigenvalue weighted by Crippen LogP contribution is 2.23. The molecule has 178 valence electrons. The standard InChI is InChI=1S/C26H29FN4O3/c1-18-3-4-20(15-19(18)2)23-16-28-25(34-23)9-10-26(33)31-13-11-30(12-14-31)17-24(32)29-22-7-5-21(27)6-8-22/h3-8,15-16H,9-14,17H2,1-2H3,(H,29,32). The van der Waals surface area contributed by atoms with Gasteiger partial charge in [-0.15, -0.1) is 0 Å². The zero-order chi connectivity index (χ0) is 24.1. The van der Waals surface area contributed by atoms with E-state index in [2.05, 4.69) is 36.3 Å². The molecule has 7 nitrogen and oxygen atoms in total. The fourth-order valence-corrected chi connectivity index (χ4v) is 3.92. The van der Waals surface area contributed by atoms with E-state index in [1.165, 1.54) is 35.4 Å². The van der Waals surface area contributed by atoms with Gasteiger partial charge in [-0.05, 0) is 55.3 Å². The maximum Gasteiger partial charge on any atom is 0.238 e. The number of nitrogens with zero attached hydrogens (tertiary/aromatic N) is 3. The first-order valence-corrected chi connectivity index (χ1v) is 11.5. The molecule has 1 saturated heterocycles. The van der Waals surface area contributed by atoms with Crippen molar-refractivity contribution in [2.75, 3.05) is 38.0 Å². The number of oxazole rings is 1. The highest BCUT2D eigenvalue weighted by atomic mass is 19.1. The maximum atomic E-state index is 13.0. The van der Waals surface area contributed by atoms with Crippen LogP contribution < -0.4 is 5.32 Å². The molecule has 2 heterocycles. The van der Waals surface area contributed by atoms with E-state index in [9.17, 15) is 14.0 Å². The van der Waals surface area contributed by atoms with Gasteiger partial charge < -0.3 is 14.6 Å². The summed E-state index contributed by atoms with van der Waals surface area (Å²) in [5.41, 5.74) is 3.96. The molecule has 2 amide bonds. The Morgan fingerprint density at radius 1 is 1.03 bits per heavy atom. The highest BCUT2D eigenvalue weighted by molar-refractivity contribution is 5.92. The summed E-state index contributed by atoms with van der Waals surface area (Å²) in [6, 6.07) is 11.8. The molecule has 2 aromatic carbocycles. The van der Waals surface area contributed by atoms with Crippen molar-refractivity contribution in [2.45, 2.75) is 26.7 Å². The number of piperazine rings is 1. The zero-order valence-electron chi connectivity index (χ0n) is 19.5. The van der Waals surface area contributed by atoms with Gasteiger partial charge in [0, 0.05) is 50.3 Å². The predicted octanol–water partition coefficient (Wildman–Crippen LogP) is 3.81. The number of rotatable bonds is 7. The first-order chi connectivity index (χ1) is 16.4. The van der Waals surface area contributed by atoms with Gasteiger partial charge in [-0.2, -0.15) is 0 Å². The first kappa shape index (κ1) is 23.6. The third-order valence-electron chi connectivity index (χ3n) is 6.12. The highest BCUT2D eigenvalue weighted by Gasteiger charge is 2.23. The van der Waals surface area contributed by atoms with E-state index < -0.39 is 0 Å². The summed E-state index contributed by atoms with van der Waals surface area (Å²) in [5, 5.41) is 2.76. The minimum absolute atomic E-state index is 0.0568. The van der Waals surface area contributed by atoms with Crippen molar-refractivity contribution in [3.63, 3.8) is 0 Å². The number of carbonyl (C=O) groups is 2. The van der Waals surface area contributed by atoms with Crippen LogP contribution in [0.15, 0.2) is 53.1 Å². The average molecular weight is 465 g/mol. The molecule has 1 aliphatic rings. The third-order valence-corrected chi connectivity index (χ3v) is 6.12. The van der Waals surface area contributed by atoms with E-state index in [4.69, 9.17) is 4.42 Å². The molecule has 3 aromatic rings. The Morgan fingerprint density at radius 2 is 1.76 bits per heavy atom. The predicted molar refractivity (Wildman–Crippen MR) is 128 cm³/mol. The summed E-state index contributed by atoms with van der Waals surface area (Å²) < 4.78 is 18.8. The largest absolute Gasteiger partial charge is 0.441 e. The van der Waals surface area contributed by atoms with Crippen LogP contribution in [0.1, 0.15) is 23.4 Å². The van der Waals surface area contributed by atoms with E-state index >= 15 is 0 Å². The lowest BCUT2D eigenvalue weighted by Gasteiger charge is -2.34. The van der Waals surface area contributed by atoms with Crippen LogP contribution in [-0.4, -0.2) is 59.3 Å². The lowest BCUT2D eigenvalue weighted by molar-refractivity contribution is -0.133. The molecular formula is C26H29FN4O3. The van der Waals surface area contributed by atoms with Crippen LogP contribution in [0.5, 0.6) is 0 Å². The monoisotopic (exact) mass is 464 g/mol. The molecule has 0 aliphatic carbocycles. The number of aromatic nitrogens is 1. The molecule has 0 spiro atoms. The molecule has 1 N–H and O–H groups in total. The normalized spacial score (nSPS) is 14.3. The molecule has 1 aliphatic heterocycles. The summed E-state index contributed by atoms with van der Waals surface area (Å²) in [4.78, 5) is 33.1. The number of carbonyl (C=O) groups excluding carboxylic acids is 2. The summed E-state index contributed by atoms with van der Waals surface area (Å²) in [6.07, 6.45) is 2.49. The minimum atomic E-state index is -0.344. The molecule has 0 unspecified atom stereocenters. The minimum Gasteiger partial charge on any atom is -0.441 e. The lowest BCUT2D eigenvalue weighted by Crippen LogP contribution is -2.50. The second kappa shape index (κ2) is 10.6. The van der Waals surface area contributed by atoms with E-state index in [0.29, 0.717) is 56.4 Å². The van der Waals surface area contributed by atoms with Gasteiger partial charge in [0.2, 0.25) is 11.8 Å². The van der Waals surface area contributed by atoms with Crippen molar-refractivity contribution in [1.29, 1.82) is 0 Å². The zero-order valence-corrected chi connectivity index (χ0v) is 19.5. The van der Waals surface area contributed by atoms with Crippen LogP contribution in [0, 0.1) is 19.7 Å². The Labute approximate surface area is 198 Å². The summed E-state index contributed by atoms with van der Waals surface area (Å²) in [7, 11) is 0. The topological polar surface area (TPSA) is 78.7 Å². The smallest absolute Gasteiger partial charge is 0.238 e. The van der Waals surface area contributed by atoms with E-state index in [-0.39, 0.29) is 24.2 Å². The Bertz CT molecular complexity index is 1150. The number of nitrogens with one attached hydrogen (secondary N) is 1. The molecule has 1 aromatic heterocycles. The molecule has 1 fully saturated rings. The van der Waals surface area contributed by atoms with Crippen LogP contribution >= 0.6 is 0 Å². The van der Waals surface area contributed by atoms with Crippen LogP contribution in [0.3, 0.4) is 0 Å². The molecule has 8 heteroatoms. The van der Waals surface area contributed by atoms with Crippen molar-refractivity contribution in [2.24, 2.45) is 0 Å². The van der Waals surface area contributed by atoms with Crippen molar-refractivity contribution < 1.29 is 18.4 Å². The average Bonchev–Trinajstić information content (AvgIpc) is 3.30. The van der Waals surface area contributed by atoms with Gasteiger partial charge in [0.15, 0.2) is 11.7 Å². The van der Waals surface area contributed by atoms with Gasteiger partial charge in [-0.25, -0.2) is 9.37 Å². The summed E-state index contributed by atoms with van der Waals surface area (Å²) >= 11 is 0. The van der Waals surface area contributed by atoms with Gasteiger partial charge in [-0.3, -0.25) is 14.5 Å². The number of halogens is 1. The Morgan fingerprint density at radius 3 is 2.47 bits per heavy atom. The molecule has 4 rings (SSSR count). The third kappa shape index (κ3) is 6.08. The number of hydrogen-bond donors (Lipinski definition) is 1. The van der Waals surface area contributed by atoms with Gasteiger partial charge in [0.05, 0.1) is 12.7 Å². The summed E-state index contributed by atoms with van der Waals surface area (Å²) in [6.45, 7) is 6.75. The van der Waals surface area contributed by atoms with Crippen molar-refractivity contribution in [1.82, 2.24) is 14.8 Å². The van der Waals surface area contributed by atoms with Crippen molar-refractivity contribution in [3.8, 4) is 11.3 Å².